The topological polar surface area (TPSA) is 69.7 Å². The summed E-state index contributed by atoms with van der Waals surface area (Å²) in [4.78, 5) is 10.7. The van der Waals surface area contributed by atoms with Crippen molar-refractivity contribution in [2.75, 3.05) is 31.5 Å². The van der Waals surface area contributed by atoms with Gasteiger partial charge in [-0.2, -0.15) is 5.10 Å². The molecule has 0 aliphatic carbocycles. The maximum absolute atomic E-state index is 4.23. The largest absolute Gasteiger partial charge is 0.368 e. The summed E-state index contributed by atoms with van der Waals surface area (Å²) in [5.41, 5.74) is 0.769. The molecule has 0 amide bonds. The van der Waals surface area contributed by atoms with Crippen LogP contribution in [0.3, 0.4) is 0 Å². The number of fused-ring (bicyclic) bond motifs is 1. The molecule has 0 fully saturated rings. The monoisotopic (exact) mass is 270 g/mol. The highest BCUT2D eigenvalue weighted by atomic mass is 35.5. The Bertz CT molecular complexity index is 467. The second-order valence-electron chi connectivity index (χ2n) is 3.81. The number of hydrogen-bond donors (Lipinski definition) is 2. The van der Waals surface area contributed by atoms with Gasteiger partial charge < -0.3 is 10.2 Å². The predicted octanol–water partition coefficient (Wildman–Crippen LogP) is 1.53. The third-order valence-corrected chi connectivity index (χ3v) is 2.86. The summed E-state index contributed by atoms with van der Waals surface area (Å²) in [7, 11) is 0. The molecule has 7 heteroatoms. The van der Waals surface area contributed by atoms with Gasteiger partial charge in [0.05, 0.1) is 11.6 Å². The van der Waals surface area contributed by atoms with E-state index >= 15 is 0 Å². The van der Waals surface area contributed by atoms with Crippen LogP contribution in [0.4, 0.5) is 5.82 Å². The average Bonchev–Trinajstić information content (AvgIpc) is 2.83. The van der Waals surface area contributed by atoms with Crippen LogP contribution >= 0.6 is 12.4 Å². The van der Waals surface area contributed by atoms with Crippen LogP contribution in [0.15, 0.2) is 12.5 Å². The molecule has 0 aliphatic heterocycles. The van der Waals surface area contributed by atoms with Crippen LogP contribution in [0.2, 0.25) is 0 Å². The van der Waals surface area contributed by atoms with Crippen molar-refractivity contribution in [2.24, 2.45) is 0 Å². The number of likely N-dealkylation sites (N-methyl/N-ethyl adjacent to an activating group) is 1. The first-order valence-electron chi connectivity index (χ1n) is 5.95. The minimum Gasteiger partial charge on any atom is -0.368 e. The molecule has 2 aromatic rings. The zero-order chi connectivity index (χ0) is 12.1. The maximum atomic E-state index is 4.23. The molecular formula is C11H19ClN6. The first-order chi connectivity index (χ1) is 8.35. The molecule has 6 nitrogen and oxygen atoms in total. The summed E-state index contributed by atoms with van der Waals surface area (Å²) >= 11 is 0. The zero-order valence-corrected chi connectivity index (χ0v) is 11.5. The van der Waals surface area contributed by atoms with Gasteiger partial charge >= 0.3 is 0 Å². The molecule has 0 spiro atoms. The molecule has 0 aromatic carbocycles. The SMILES string of the molecule is CCN(CC)CCNc1ncnc2[nH]ncc12.Cl. The van der Waals surface area contributed by atoms with Gasteiger partial charge in [-0.25, -0.2) is 9.97 Å². The van der Waals surface area contributed by atoms with E-state index in [-0.39, 0.29) is 12.4 Å². The molecule has 0 saturated carbocycles. The summed E-state index contributed by atoms with van der Waals surface area (Å²) in [5, 5.41) is 11.0. The number of rotatable bonds is 6. The Morgan fingerprint density at radius 1 is 1.28 bits per heavy atom. The lowest BCUT2D eigenvalue weighted by Gasteiger charge is -2.18. The number of halogens is 1. The van der Waals surface area contributed by atoms with Crippen LogP contribution in [-0.2, 0) is 0 Å². The van der Waals surface area contributed by atoms with Crippen molar-refractivity contribution in [1.29, 1.82) is 0 Å². The van der Waals surface area contributed by atoms with E-state index in [0.717, 1.165) is 43.0 Å². The van der Waals surface area contributed by atoms with Crippen molar-refractivity contribution in [3.05, 3.63) is 12.5 Å². The van der Waals surface area contributed by atoms with Gasteiger partial charge in [0.2, 0.25) is 0 Å². The van der Waals surface area contributed by atoms with Crippen LogP contribution in [0.25, 0.3) is 11.0 Å². The van der Waals surface area contributed by atoms with E-state index in [4.69, 9.17) is 0 Å². The Balaban J connectivity index is 0.00000162. The van der Waals surface area contributed by atoms with Gasteiger partial charge in [-0.15, -0.1) is 12.4 Å². The smallest absolute Gasteiger partial charge is 0.160 e. The standard InChI is InChI=1S/C11H18N6.ClH/c1-3-17(4-2)6-5-12-10-9-7-15-16-11(9)14-8-13-10;/h7-8H,3-6H2,1-2H3,(H2,12,13,14,15,16);1H. The second kappa shape index (κ2) is 7.13. The Morgan fingerprint density at radius 2 is 2.06 bits per heavy atom. The van der Waals surface area contributed by atoms with Crippen molar-refractivity contribution in [3.8, 4) is 0 Å². The first-order valence-corrected chi connectivity index (χ1v) is 5.95. The maximum Gasteiger partial charge on any atom is 0.160 e. The number of aromatic amines is 1. The van der Waals surface area contributed by atoms with E-state index in [0.29, 0.717) is 0 Å². The van der Waals surface area contributed by atoms with Crippen molar-refractivity contribution in [1.82, 2.24) is 25.1 Å². The van der Waals surface area contributed by atoms with E-state index in [1.165, 1.54) is 0 Å². The zero-order valence-electron chi connectivity index (χ0n) is 10.7. The molecule has 2 heterocycles. The number of anilines is 1. The summed E-state index contributed by atoms with van der Waals surface area (Å²) < 4.78 is 0. The Hall–Kier alpha value is -1.40. The molecule has 0 radical (unpaired) electrons. The number of nitrogens with one attached hydrogen (secondary N) is 2. The fraction of sp³-hybridized carbons (Fsp3) is 0.545. The van der Waals surface area contributed by atoms with E-state index in [1.54, 1.807) is 12.5 Å². The van der Waals surface area contributed by atoms with Gasteiger partial charge in [0.15, 0.2) is 5.65 Å². The molecule has 0 saturated heterocycles. The Labute approximate surface area is 113 Å². The molecule has 2 aromatic heterocycles. The fourth-order valence-corrected chi connectivity index (χ4v) is 1.78. The highest BCUT2D eigenvalue weighted by Gasteiger charge is 2.05. The molecule has 0 unspecified atom stereocenters. The number of hydrogen-bond acceptors (Lipinski definition) is 5. The van der Waals surface area contributed by atoms with E-state index in [9.17, 15) is 0 Å². The summed E-state index contributed by atoms with van der Waals surface area (Å²) in [6, 6.07) is 0. The van der Waals surface area contributed by atoms with Crippen molar-refractivity contribution < 1.29 is 0 Å². The highest BCUT2D eigenvalue weighted by molar-refractivity contribution is 5.85. The van der Waals surface area contributed by atoms with Crippen molar-refractivity contribution >= 4 is 29.3 Å². The molecule has 2 N–H and O–H groups in total. The predicted molar refractivity (Wildman–Crippen MR) is 75.2 cm³/mol. The summed E-state index contributed by atoms with van der Waals surface area (Å²) in [5.74, 6) is 0.843. The molecule has 0 bridgehead atoms. The Morgan fingerprint density at radius 3 is 2.78 bits per heavy atom. The fourth-order valence-electron chi connectivity index (χ4n) is 1.78. The van der Waals surface area contributed by atoms with E-state index < -0.39 is 0 Å². The first kappa shape index (κ1) is 14.7. The van der Waals surface area contributed by atoms with E-state index in [1.807, 2.05) is 0 Å². The van der Waals surface area contributed by atoms with Gasteiger partial charge in [0.1, 0.15) is 12.1 Å². The number of nitrogens with zero attached hydrogens (tertiary/aromatic N) is 4. The lowest BCUT2D eigenvalue weighted by atomic mass is 10.4. The van der Waals surface area contributed by atoms with Crippen LogP contribution in [0.5, 0.6) is 0 Å². The minimum absolute atomic E-state index is 0. The quantitative estimate of drug-likeness (QED) is 0.833. The summed E-state index contributed by atoms with van der Waals surface area (Å²) in [6.07, 6.45) is 3.29. The average molecular weight is 271 g/mol. The van der Waals surface area contributed by atoms with Crippen molar-refractivity contribution in [3.63, 3.8) is 0 Å². The molecule has 100 valence electrons. The second-order valence-corrected chi connectivity index (χ2v) is 3.81. The van der Waals surface area contributed by atoms with Gasteiger partial charge in [0, 0.05) is 13.1 Å². The lowest BCUT2D eigenvalue weighted by Crippen LogP contribution is -2.28. The van der Waals surface area contributed by atoms with Gasteiger partial charge in [-0.05, 0) is 13.1 Å². The van der Waals surface area contributed by atoms with Gasteiger partial charge in [0.25, 0.3) is 0 Å². The van der Waals surface area contributed by atoms with E-state index in [2.05, 4.69) is 44.2 Å². The minimum atomic E-state index is 0. The highest BCUT2D eigenvalue weighted by Crippen LogP contribution is 2.15. The number of H-pyrrole nitrogens is 1. The lowest BCUT2D eigenvalue weighted by molar-refractivity contribution is 0.316. The van der Waals surface area contributed by atoms with Crippen LogP contribution in [0.1, 0.15) is 13.8 Å². The number of aromatic nitrogens is 4. The molecule has 2 rings (SSSR count). The molecule has 18 heavy (non-hydrogen) atoms. The van der Waals surface area contributed by atoms with Gasteiger partial charge in [-0.3, -0.25) is 5.10 Å². The van der Waals surface area contributed by atoms with Crippen LogP contribution in [-0.4, -0.2) is 51.2 Å². The van der Waals surface area contributed by atoms with Crippen LogP contribution in [0, 0.1) is 0 Å². The molecule has 0 aliphatic rings. The third-order valence-electron chi connectivity index (χ3n) is 2.86. The molecule has 0 atom stereocenters. The van der Waals surface area contributed by atoms with Gasteiger partial charge in [-0.1, -0.05) is 13.8 Å². The van der Waals surface area contributed by atoms with Crippen LogP contribution < -0.4 is 5.32 Å². The Kier molecular flexibility index (Phi) is 5.80. The third kappa shape index (κ3) is 3.30. The normalized spacial score (nSPS) is 10.6. The molecular weight excluding hydrogens is 252 g/mol. The van der Waals surface area contributed by atoms with Crippen molar-refractivity contribution in [2.45, 2.75) is 13.8 Å². The summed E-state index contributed by atoms with van der Waals surface area (Å²) in [6.45, 7) is 8.37.